The maximum absolute atomic E-state index is 9.93. The van der Waals surface area contributed by atoms with E-state index in [4.69, 9.17) is 21.6 Å². The lowest BCUT2D eigenvalue weighted by atomic mass is 9.75. The molecule has 5 rings (SSSR count). The van der Waals surface area contributed by atoms with E-state index in [-0.39, 0.29) is 22.7 Å². The van der Waals surface area contributed by atoms with E-state index in [1.165, 1.54) is 0 Å². The highest BCUT2D eigenvalue weighted by molar-refractivity contribution is 14.2. The number of rotatable bonds is 7. The number of phenolic OH excluding ortho intramolecular Hbond substituents is 1. The normalized spacial score (nSPS) is 21.6. The molecule has 3 heterocycles. The maximum Gasteiger partial charge on any atom is 0.135 e. The van der Waals surface area contributed by atoms with Gasteiger partial charge in [-0.3, -0.25) is 0 Å². The molecule has 0 saturated heterocycles. The van der Waals surface area contributed by atoms with Gasteiger partial charge in [0.15, 0.2) is 0 Å². The number of hydrogen-bond acceptors (Lipinski definition) is 6. The summed E-state index contributed by atoms with van der Waals surface area (Å²) in [5.41, 5.74) is 19.2. The zero-order chi connectivity index (χ0) is 27.2. The smallest absolute Gasteiger partial charge is 0.135 e. The van der Waals surface area contributed by atoms with Gasteiger partial charge in [0.1, 0.15) is 11.6 Å². The Morgan fingerprint density at radius 1 is 1.26 bits per heavy atom. The third-order valence-corrected chi connectivity index (χ3v) is 10.1. The summed E-state index contributed by atoms with van der Waals surface area (Å²) in [5.74, 6) is 0.570. The fourth-order valence-corrected chi connectivity index (χ4v) is 6.80. The second-order valence-corrected chi connectivity index (χ2v) is 12.8. The lowest BCUT2D eigenvalue weighted by Gasteiger charge is -2.39. The molecule has 1 fully saturated rings. The molecule has 9 nitrogen and oxygen atoms in total. The standard InChI is InChI=1S/C27H34IN8OP/c1-5-16-12-18(37)6-7-20(16)33-25(29)19-14-32-35-15-17(21-9-11-31-36(21)38-28)13-22(35)24(19)34-23-8-10-27(4,30)26(23,2)3/h6-7,9,11-15,23,34,37-38H,5,8,10,30H2,1-4H3,(H2,29,33)/t23?,27-/m0/s1. The fraction of sp³-hybridized carbons (Fsp3) is 0.370. The van der Waals surface area contributed by atoms with Crippen LogP contribution in [0.25, 0.3) is 16.8 Å². The van der Waals surface area contributed by atoms with Crippen LogP contribution in [0.1, 0.15) is 51.7 Å². The predicted molar refractivity (Wildman–Crippen MR) is 165 cm³/mol. The number of aromatic nitrogens is 4. The Morgan fingerprint density at radius 3 is 2.74 bits per heavy atom. The molecule has 11 heteroatoms. The van der Waals surface area contributed by atoms with Gasteiger partial charge in [-0.05, 0) is 84.1 Å². The lowest BCUT2D eigenvalue weighted by molar-refractivity contribution is 0.215. The summed E-state index contributed by atoms with van der Waals surface area (Å²) in [6.07, 6.45) is 8.68. The number of hydrogen-bond donors (Lipinski definition) is 4. The monoisotopic (exact) mass is 644 g/mol. The molecule has 4 aromatic rings. The van der Waals surface area contributed by atoms with E-state index in [0.29, 0.717) is 12.2 Å². The lowest BCUT2D eigenvalue weighted by Crippen LogP contribution is -2.51. The minimum atomic E-state index is -0.295. The van der Waals surface area contributed by atoms with E-state index in [9.17, 15) is 5.11 Å². The quantitative estimate of drug-likeness (QED) is 0.0896. The van der Waals surface area contributed by atoms with Crippen LogP contribution in [0.15, 0.2) is 53.9 Å². The molecule has 6 N–H and O–H groups in total. The van der Waals surface area contributed by atoms with E-state index in [2.05, 4.69) is 59.3 Å². The molecular formula is C27H34IN8OP. The van der Waals surface area contributed by atoms with Crippen molar-refractivity contribution in [2.24, 2.45) is 21.9 Å². The number of aromatic hydroxyl groups is 1. The van der Waals surface area contributed by atoms with Crippen LogP contribution < -0.4 is 16.8 Å². The number of phenols is 1. The Morgan fingerprint density at radius 2 is 2.05 bits per heavy atom. The van der Waals surface area contributed by atoms with Gasteiger partial charge in [0.25, 0.3) is 0 Å². The highest BCUT2D eigenvalue weighted by atomic mass is 127. The first-order valence-electron chi connectivity index (χ1n) is 12.7. The first kappa shape index (κ1) is 26.9. The van der Waals surface area contributed by atoms with Gasteiger partial charge in [-0.2, -0.15) is 10.2 Å². The van der Waals surface area contributed by atoms with Crippen molar-refractivity contribution in [1.29, 1.82) is 0 Å². The zero-order valence-corrected chi connectivity index (χ0v) is 25.2. The maximum atomic E-state index is 9.93. The van der Waals surface area contributed by atoms with Gasteiger partial charge in [-0.1, -0.05) is 20.8 Å². The molecule has 1 aliphatic rings. The number of aryl methyl sites for hydroxylation is 1. The SMILES string of the molecule is CCc1cc(O)ccc1N=C(N)c1cnn2cc(-c3ccnn3PI)cc2c1NC1CC[C@](C)(N)C1(C)C. The largest absolute Gasteiger partial charge is 0.508 e. The van der Waals surface area contributed by atoms with Crippen molar-refractivity contribution in [3.05, 3.63) is 60.0 Å². The highest BCUT2D eigenvalue weighted by Crippen LogP contribution is 2.46. The summed E-state index contributed by atoms with van der Waals surface area (Å²) in [6.45, 7) is 8.60. The number of amidine groups is 1. The van der Waals surface area contributed by atoms with Crippen LogP contribution in [0.2, 0.25) is 0 Å². The van der Waals surface area contributed by atoms with Crippen molar-refractivity contribution >= 4 is 51.1 Å². The summed E-state index contributed by atoms with van der Waals surface area (Å²) in [5, 5.41) is 22.9. The number of nitrogens with two attached hydrogens (primary N) is 2. The third-order valence-electron chi connectivity index (χ3n) is 8.23. The molecule has 3 atom stereocenters. The van der Waals surface area contributed by atoms with E-state index >= 15 is 0 Å². The molecule has 0 amide bonds. The average molecular weight is 645 g/mol. The van der Waals surface area contributed by atoms with Crippen molar-refractivity contribution in [2.75, 3.05) is 5.32 Å². The van der Waals surface area contributed by atoms with Crippen molar-refractivity contribution in [1.82, 2.24) is 19.2 Å². The summed E-state index contributed by atoms with van der Waals surface area (Å²) in [7, 11) is 0. The molecule has 1 saturated carbocycles. The first-order valence-corrected chi connectivity index (χ1v) is 16.8. The Kier molecular flexibility index (Phi) is 7.17. The van der Waals surface area contributed by atoms with Crippen LogP contribution in [0.3, 0.4) is 0 Å². The minimum Gasteiger partial charge on any atom is -0.508 e. The molecule has 1 aliphatic carbocycles. The van der Waals surface area contributed by atoms with E-state index < -0.39 is 0 Å². The van der Waals surface area contributed by atoms with Crippen LogP contribution in [0.5, 0.6) is 5.75 Å². The molecule has 200 valence electrons. The van der Waals surface area contributed by atoms with Crippen molar-refractivity contribution in [3.8, 4) is 17.0 Å². The number of nitrogens with one attached hydrogen (secondary N) is 1. The summed E-state index contributed by atoms with van der Waals surface area (Å²) >= 11 is 2.33. The second-order valence-electron chi connectivity index (χ2n) is 10.7. The number of benzene rings is 1. The van der Waals surface area contributed by atoms with E-state index in [1.54, 1.807) is 24.4 Å². The van der Waals surface area contributed by atoms with E-state index in [0.717, 1.165) is 58.5 Å². The summed E-state index contributed by atoms with van der Waals surface area (Å²) in [4.78, 5) is 4.79. The zero-order valence-electron chi connectivity index (χ0n) is 22.0. The van der Waals surface area contributed by atoms with E-state index in [1.807, 2.05) is 34.4 Å². The van der Waals surface area contributed by atoms with Gasteiger partial charge in [0, 0.05) is 35.0 Å². The second kappa shape index (κ2) is 10.1. The Hall–Kier alpha value is -2.69. The molecular weight excluding hydrogens is 610 g/mol. The average Bonchev–Trinajstić information content (AvgIpc) is 3.57. The number of aliphatic imine (C=N–C) groups is 1. The number of anilines is 1. The summed E-state index contributed by atoms with van der Waals surface area (Å²) in [6, 6.07) is 9.42. The topological polar surface area (TPSA) is 132 Å². The third kappa shape index (κ3) is 4.67. The number of nitrogens with zero attached hydrogens (tertiary/aromatic N) is 5. The number of halogens is 1. The molecule has 3 aromatic heterocycles. The number of fused-ring (bicyclic) bond motifs is 1. The van der Waals surface area contributed by atoms with Gasteiger partial charge < -0.3 is 21.9 Å². The van der Waals surface area contributed by atoms with Crippen LogP contribution in [0, 0.1) is 5.41 Å². The minimum absolute atomic E-state index is 0.134. The molecule has 0 aliphatic heterocycles. The molecule has 0 radical (unpaired) electrons. The molecule has 0 bridgehead atoms. The van der Waals surface area contributed by atoms with Gasteiger partial charge in [0.05, 0.1) is 40.7 Å². The van der Waals surface area contributed by atoms with Gasteiger partial charge >= 0.3 is 0 Å². The van der Waals surface area contributed by atoms with Crippen molar-refractivity contribution in [3.63, 3.8) is 0 Å². The van der Waals surface area contributed by atoms with Gasteiger partial charge in [-0.15, -0.1) is 0 Å². The van der Waals surface area contributed by atoms with Crippen LogP contribution in [-0.2, 0) is 6.42 Å². The van der Waals surface area contributed by atoms with Crippen LogP contribution in [0.4, 0.5) is 11.4 Å². The predicted octanol–water partition coefficient (Wildman–Crippen LogP) is 5.61. The van der Waals surface area contributed by atoms with Crippen LogP contribution in [-0.4, -0.2) is 41.7 Å². The Balaban J connectivity index is 1.66. The van der Waals surface area contributed by atoms with Crippen molar-refractivity contribution < 1.29 is 5.11 Å². The Labute approximate surface area is 237 Å². The highest BCUT2D eigenvalue weighted by Gasteiger charge is 2.49. The fourth-order valence-electron chi connectivity index (χ4n) is 5.24. The first-order chi connectivity index (χ1) is 18.1. The molecule has 2 unspecified atom stereocenters. The van der Waals surface area contributed by atoms with Gasteiger partial charge in [-0.25, -0.2) is 14.0 Å². The molecule has 1 aromatic carbocycles. The molecule has 38 heavy (non-hydrogen) atoms. The van der Waals surface area contributed by atoms with Crippen molar-refractivity contribution in [2.45, 2.75) is 58.5 Å². The van der Waals surface area contributed by atoms with Crippen LogP contribution >= 0.6 is 28.4 Å². The molecule has 0 spiro atoms. The van der Waals surface area contributed by atoms with Gasteiger partial charge in [0.2, 0.25) is 0 Å². The Bertz CT molecular complexity index is 1520. The summed E-state index contributed by atoms with van der Waals surface area (Å²) < 4.78 is 3.86.